The molecule has 2 aromatic carbocycles. The second-order valence-corrected chi connectivity index (χ2v) is 8.52. The maximum absolute atomic E-state index is 13.6. The Kier molecular flexibility index (Phi) is 6.12. The van der Waals surface area contributed by atoms with Crippen LogP contribution in [0.25, 0.3) is 33.9 Å². The molecule has 3 heterocycles. The molecule has 5 rings (SSSR count). The largest absolute Gasteiger partial charge is 0.350 e. The van der Waals surface area contributed by atoms with Crippen molar-refractivity contribution in [3.05, 3.63) is 99.7 Å². The summed E-state index contributed by atoms with van der Waals surface area (Å²) in [5.74, 6) is -0.574. The number of carbonyl (C=O) groups excluding carboxylic acids is 1. The molecule has 36 heavy (non-hydrogen) atoms. The Labute approximate surface area is 205 Å². The quantitative estimate of drug-likeness (QED) is 0.389. The number of nitrogens with one attached hydrogen (secondary N) is 1. The first-order valence-corrected chi connectivity index (χ1v) is 11.3. The second-order valence-electron chi connectivity index (χ2n) is 8.52. The summed E-state index contributed by atoms with van der Waals surface area (Å²) in [5.41, 5.74) is 3.37. The molecule has 8 nitrogen and oxygen atoms in total. The average molecular weight is 484 g/mol. The SMILES string of the molecule is Cc1ccc(CNC(=O)Cn2cc(-c3nc(-c4cccc(F)c4)no3)c(=O)c3ccc(C)nc32)cc1. The van der Waals surface area contributed by atoms with Crippen molar-refractivity contribution in [2.24, 2.45) is 0 Å². The summed E-state index contributed by atoms with van der Waals surface area (Å²) in [4.78, 5) is 34.9. The first-order valence-electron chi connectivity index (χ1n) is 11.3. The summed E-state index contributed by atoms with van der Waals surface area (Å²) in [6.45, 7) is 4.11. The highest BCUT2D eigenvalue weighted by atomic mass is 19.1. The van der Waals surface area contributed by atoms with Gasteiger partial charge >= 0.3 is 0 Å². The maximum Gasteiger partial charge on any atom is 0.263 e. The predicted molar refractivity (Wildman–Crippen MR) is 132 cm³/mol. The van der Waals surface area contributed by atoms with Gasteiger partial charge in [0.25, 0.3) is 5.89 Å². The number of fused-ring (bicyclic) bond motifs is 1. The van der Waals surface area contributed by atoms with Gasteiger partial charge in [-0.05, 0) is 43.7 Å². The molecule has 0 aliphatic heterocycles. The van der Waals surface area contributed by atoms with E-state index in [-0.39, 0.29) is 35.2 Å². The fourth-order valence-corrected chi connectivity index (χ4v) is 3.83. The highest BCUT2D eigenvalue weighted by Crippen LogP contribution is 2.23. The van der Waals surface area contributed by atoms with E-state index in [1.165, 1.54) is 24.4 Å². The van der Waals surface area contributed by atoms with Gasteiger partial charge in [0.05, 0.1) is 5.39 Å². The average Bonchev–Trinajstić information content (AvgIpc) is 3.35. The van der Waals surface area contributed by atoms with E-state index < -0.39 is 5.82 Å². The van der Waals surface area contributed by atoms with Gasteiger partial charge in [-0.1, -0.05) is 47.1 Å². The number of halogens is 1. The van der Waals surface area contributed by atoms with Crippen LogP contribution in [0.4, 0.5) is 4.39 Å². The standard InChI is InChI=1S/C27H22FN5O3/c1-16-6-9-18(10-7-16)13-29-23(34)15-33-14-22(24(35)21-11-8-17(2)30-26(21)33)27-31-25(32-36-27)19-4-3-5-20(28)12-19/h3-12,14H,13,15H2,1-2H3,(H,29,34). The fourth-order valence-electron chi connectivity index (χ4n) is 3.83. The summed E-state index contributed by atoms with van der Waals surface area (Å²) in [6.07, 6.45) is 1.49. The summed E-state index contributed by atoms with van der Waals surface area (Å²) < 4.78 is 20.6. The van der Waals surface area contributed by atoms with Crippen molar-refractivity contribution >= 4 is 16.9 Å². The van der Waals surface area contributed by atoms with Crippen LogP contribution in [0.2, 0.25) is 0 Å². The molecule has 0 aliphatic rings. The van der Waals surface area contributed by atoms with Gasteiger partial charge in [-0.3, -0.25) is 9.59 Å². The number of carbonyl (C=O) groups is 1. The van der Waals surface area contributed by atoms with Crippen LogP contribution in [0.1, 0.15) is 16.8 Å². The van der Waals surface area contributed by atoms with Gasteiger partial charge in [0, 0.05) is 24.0 Å². The van der Waals surface area contributed by atoms with E-state index in [1.54, 1.807) is 22.8 Å². The van der Waals surface area contributed by atoms with Crippen LogP contribution in [0.5, 0.6) is 0 Å². The zero-order chi connectivity index (χ0) is 25.2. The number of benzene rings is 2. The number of aryl methyl sites for hydroxylation is 2. The van der Waals surface area contributed by atoms with Crippen LogP contribution in [0.15, 0.2) is 76.2 Å². The van der Waals surface area contributed by atoms with E-state index in [4.69, 9.17) is 4.52 Å². The number of rotatable bonds is 6. The lowest BCUT2D eigenvalue weighted by molar-refractivity contribution is -0.121. The van der Waals surface area contributed by atoms with Crippen molar-refractivity contribution in [1.82, 2.24) is 25.0 Å². The Hall–Kier alpha value is -4.66. The molecule has 0 spiro atoms. The van der Waals surface area contributed by atoms with E-state index >= 15 is 0 Å². The van der Waals surface area contributed by atoms with E-state index in [0.717, 1.165) is 11.1 Å². The summed E-state index contributed by atoms with van der Waals surface area (Å²) >= 11 is 0. The molecule has 1 amide bonds. The van der Waals surface area contributed by atoms with E-state index in [0.29, 0.717) is 28.8 Å². The van der Waals surface area contributed by atoms with Gasteiger partial charge in [-0.2, -0.15) is 4.98 Å². The lowest BCUT2D eigenvalue weighted by Gasteiger charge is -2.12. The van der Waals surface area contributed by atoms with Crippen LogP contribution >= 0.6 is 0 Å². The minimum atomic E-state index is -0.440. The Morgan fingerprint density at radius 3 is 2.64 bits per heavy atom. The predicted octanol–water partition coefficient (Wildman–Crippen LogP) is 4.19. The zero-order valence-electron chi connectivity index (χ0n) is 19.7. The molecule has 3 aromatic heterocycles. The van der Waals surface area contributed by atoms with Crippen LogP contribution in [-0.4, -0.2) is 25.6 Å². The molecule has 0 bridgehead atoms. The molecule has 0 atom stereocenters. The van der Waals surface area contributed by atoms with Gasteiger partial charge in [-0.25, -0.2) is 9.37 Å². The normalized spacial score (nSPS) is 11.1. The molecular formula is C27H22FN5O3. The van der Waals surface area contributed by atoms with Crippen molar-refractivity contribution in [2.45, 2.75) is 26.9 Å². The number of hydrogen-bond donors (Lipinski definition) is 1. The van der Waals surface area contributed by atoms with Crippen LogP contribution < -0.4 is 10.7 Å². The van der Waals surface area contributed by atoms with Gasteiger partial charge in [0.15, 0.2) is 0 Å². The van der Waals surface area contributed by atoms with Gasteiger partial charge in [0.2, 0.25) is 17.2 Å². The molecule has 0 saturated carbocycles. The first kappa shape index (κ1) is 23.1. The van der Waals surface area contributed by atoms with Crippen LogP contribution in [0, 0.1) is 19.7 Å². The Balaban J connectivity index is 1.49. The van der Waals surface area contributed by atoms with Gasteiger partial charge in [0.1, 0.15) is 23.6 Å². The van der Waals surface area contributed by atoms with Crippen LogP contribution in [-0.2, 0) is 17.9 Å². The fraction of sp³-hybridized carbons (Fsp3) is 0.148. The minimum Gasteiger partial charge on any atom is -0.350 e. The van der Waals surface area contributed by atoms with Crippen molar-refractivity contribution in [2.75, 3.05) is 0 Å². The van der Waals surface area contributed by atoms with Crippen LogP contribution in [0.3, 0.4) is 0 Å². The molecule has 9 heteroatoms. The zero-order valence-corrected chi connectivity index (χ0v) is 19.7. The highest BCUT2D eigenvalue weighted by Gasteiger charge is 2.19. The smallest absolute Gasteiger partial charge is 0.263 e. The lowest BCUT2D eigenvalue weighted by Crippen LogP contribution is -2.28. The second kappa shape index (κ2) is 9.53. The monoisotopic (exact) mass is 483 g/mol. The molecule has 0 unspecified atom stereocenters. The van der Waals surface area contributed by atoms with E-state index in [2.05, 4.69) is 20.4 Å². The number of amides is 1. The maximum atomic E-state index is 13.6. The minimum absolute atomic E-state index is 0.0319. The first-order chi connectivity index (χ1) is 17.4. The molecule has 1 N–H and O–H groups in total. The molecular weight excluding hydrogens is 461 g/mol. The summed E-state index contributed by atoms with van der Waals surface area (Å²) in [6, 6.07) is 17.0. The topological polar surface area (TPSA) is 103 Å². The van der Waals surface area contributed by atoms with E-state index in [1.807, 2.05) is 38.1 Å². The molecule has 0 fully saturated rings. The Bertz CT molecular complexity index is 1640. The Morgan fingerprint density at radius 1 is 1.06 bits per heavy atom. The van der Waals surface area contributed by atoms with Gasteiger partial charge < -0.3 is 14.4 Å². The number of aromatic nitrogens is 4. The molecule has 0 aliphatic carbocycles. The molecule has 0 radical (unpaired) electrons. The third-order valence-electron chi connectivity index (χ3n) is 5.72. The Morgan fingerprint density at radius 2 is 1.86 bits per heavy atom. The third-order valence-corrected chi connectivity index (χ3v) is 5.72. The lowest BCUT2D eigenvalue weighted by atomic mass is 10.1. The van der Waals surface area contributed by atoms with Crippen molar-refractivity contribution in [1.29, 1.82) is 0 Å². The molecule has 5 aromatic rings. The molecule has 180 valence electrons. The number of hydrogen-bond acceptors (Lipinski definition) is 6. The molecule has 0 saturated heterocycles. The summed E-state index contributed by atoms with van der Waals surface area (Å²) in [7, 11) is 0. The highest BCUT2D eigenvalue weighted by molar-refractivity contribution is 5.83. The number of nitrogens with zero attached hydrogens (tertiary/aromatic N) is 4. The van der Waals surface area contributed by atoms with E-state index in [9.17, 15) is 14.0 Å². The third kappa shape index (κ3) is 4.76. The van der Waals surface area contributed by atoms with Gasteiger partial charge in [-0.15, -0.1) is 0 Å². The van der Waals surface area contributed by atoms with Crippen molar-refractivity contribution in [3.8, 4) is 22.8 Å². The van der Waals surface area contributed by atoms with Crippen molar-refractivity contribution in [3.63, 3.8) is 0 Å². The van der Waals surface area contributed by atoms with Crippen molar-refractivity contribution < 1.29 is 13.7 Å². The summed E-state index contributed by atoms with van der Waals surface area (Å²) in [5, 5.41) is 7.12. The number of pyridine rings is 2.